The molecule has 0 aliphatic rings. The van der Waals surface area contributed by atoms with Crippen LogP contribution in [0.4, 0.5) is 25.8 Å². The lowest BCUT2D eigenvalue weighted by Crippen LogP contribution is -1.98. The van der Waals surface area contributed by atoms with Gasteiger partial charge in [0, 0.05) is 5.02 Å². The van der Waals surface area contributed by atoms with E-state index in [9.17, 15) is 8.78 Å². The molecule has 0 aromatic heterocycles. The summed E-state index contributed by atoms with van der Waals surface area (Å²) in [6.45, 7) is 0. The number of rotatable bonds is 2. The van der Waals surface area contributed by atoms with Gasteiger partial charge in [-0.2, -0.15) is 0 Å². The van der Waals surface area contributed by atoms with Gasteiger partial charge in [0.2, 0.25) is 0 Å². The number of nitrogens with one attached hydrogen (secondary N) is 1. The fraction of sp³-hybridized carbons (Fsp3) is 0. The summed E-state index contributed by atoms with van der Waals surface area (Å²) in [5.74, 6) is -0.942. The van der Waals surface area contributed by atoms with Crippen LogP contribution in [0, 0.1) is 11.6 Å². The van der Waals surface area contributed by atoms with E-state index in [4.69, 9.17) is 17.3 Å². The molecular weight excluding hydrogens is 246 g/mol. The maximum Gasteiger partial charge on any atom is 0.146 e. The number of anilines is 3. The van der Waals surface area contributed by atoms with E-state index in [1.54, 1.807) is 0 Å². The molecule has 0 aliphatic carbocycles. The first-order valence-electron chi connectivity index (χ1n) is 4.83. The predicted octanol–water partition coefficient (Wildman–Crippen LogP) is 3.94. The van der Waals surface area contributed by atoms with Crippen molar-refractivity contribution in [1.82, 2.24) is 0 Å². The van der Waals surface area contributed by atoms with Crippen LogP contribution in [-0.2, 0) is 0 Å². The quantitative estimate of drug-likeness (QED) is 0.797. The molecule has 5 heteroatoms. The van der Waals surface area contributed by atoms with Gasteiger partial charge in [0.05, 0.1) is 17.1 Å². The van der Waals surface area contributed by atoms with Crippen molar-refractivity contribution < 1.29 is 8.78 Å². The van der Waals surface area contributed by atoms with Gasteiger partial charge in [-0.15, -0.1) is 0 Å². The summed E-state index contributed by atoms with van der Waals surface area (Å²) in [5.41, 5.74) is 6.41. The van der Waals surface area contributed by atoms with Crippen molar-refractivity contribution in [2.75, 3.05) is 11.1 Å². The smallest absolute Gasteiger partial charge is 0.146 e. The minimum absolute atomic E-state index is 0.148. The Labute approximate surface area is 102 Å². The van der Waals surface area contributed by atoms with Gasteiger partial charge in [-0.1, -0.05) is 11.6 Å². The second-order valence-electron chi connectivity index (χ2n) is 3.48. The minimum atomic E-state index is -0.488. The fourth-order valence-electron chi connectivity index (χ4n) is 1.38. The zero-order valence-corrected chi connectivity index (χ0v) is 9.43. The Bertz CT molecular complexity index is 509. The molecule has 2 aromatic carbocycles. The zero-order valence-electron chi connectivity index (χ0n) is 8.68. The fourth-order valence-corrected chi connectivity index (χ4v) is 1.55. The maximum atomic E-state index is 13.4. The van der Waals surface area contributed by atoms with Crippen molar-refractivity contribution in [2.45, 2.75) is 0 Å². The van der Waals surface area contributed by atoms with Gasteiger partial charge in [-0.05, 0) is 36.4 Å². The van der Waals surface area contributed by atoms with Crippen molar-refractivity contribution in [1.29, 1.82) is 0 Å². The first kappa shape index (κ1) is 11.7. The van der Waals surface area contributed by atoms with Crippen LogP contribution in [0.5, 0.6) is 0 Å². The van der Waals surface area contributed by atoms with Crippen LogP contribution in [0.25, 0.3) is 0 Å². The monoisotopic (exact) mass is 254 g/mol. The molecule has 0 radical (unpaired) electrons. The van der Waals surface area contributed by atoms with E-state index in [-0.39, 0.29) is 5.69 Å². The summed E-state index contributed by atoms with van der Waals surface area (Å²) in [4.78, 5) is 0. The SMILES string of the molecule is Nc1ccc(F)cc1Nc1cc(Cl)ccc1F. The Morgan fingerprint density at radius 2 is 1.76 bits per heavy atom. The molecule has 0 fully saturated rings. The zero-order chi connectivity index (χ0) is 12.4. The molecule has 0 saturated heterocycles. The molecule has 0 amide bonds. The lowest BCUT2D eigenvalue weighted by molar-refractivity contribution is 0.627. The van der Waals surface area contributed by atoms with Gasteiger partial charge < -0.3 is 11.1 Å². The molecular formula is C12H9ClF2N2. The third kappa shape index (κ3) is 2.65. The first-order valence-corrected chi connectivity index (χ1v) is 5.21. The number of nitrogen functional groups attached to an aromatic ring is 1. The predicted molar refractivity (Wildman–Crippen MR) is 65.5 cm³/mol. The van der Waals surface area contributed by atoms with Gasteiger partial charge >= 0.3 is 0 Å². The first-order chi connectivity index (χ1) is 8.06. The largest absolute Gasteiger partial charge is 0.397 e. The topological polar surface area (TPSA) is 38.0 Å². The Kier molecular flexibility index (Phi) is 3.15. The molecule has 88 valence electrons. The lowest BCUT2D eigenvalue weighted by Gasteiger charge is -2.10. The van der Waals surface area contributed by atoms with E-state index < -0.39 is 11.6 Å². The van der Waals surface area contributed by atoms with E-state index in [0.29, 0.717) is 16.4 Å². The summed E-state index contributed by atoms with van der Waals surface area (Å²) >= 11 is 5.74. The van der Waals surface area contributed by atoms with E-state index in [1.165, 1.54) is 36.4 Å². The third-order valence-corrected chi connectivity index (χ3v) is 2.45. The highest BCUT2D eigenvalue weighted by molar-refractivity contribution is 6.30. The molecule has 0 atom stereocenters. The van der Waals surface area contributed by atoms with Gasteiger partial charge in [0.15, 0.2) is 0 Å². The van der Waals surface area contributed by atoms with Crippen LogP contribution < -0.4 is 11.1 Å². The van der Waals surface area contributed by atoms with Gasteiger partial charge in [0.1, 0.15) is 11.6 Å². The standard InChI is InChI=1S/C12H9ClF2N2/c13-7-1-3-9(15)11(5-7)17-12-6-8(14)2-4-10(12)16/h1-6,17H,16H2. The summed E-state index contributed by atoms with van der Waals surface area (Å²) in [5, 5.41) is 3.08. The van der Waals surface area contributed by atoms with Crippen LogP contribution in [0.1, 0.15) is 0 Å². The van der Waals surface area contributed by atoms with E-state index >= 15 is 0 Å². The van der Waals surface area contributed by atoms with Gasteiger partial charge in [0.25, 0.3) is 0 Å². The van der Waals surface area contributed by atoms with Crippen molar-refractivity contribution in [3.63, 3.8) is 0 Å². The van der Waals surface area contributed by atoms with E-state index in [0.717, 1.165) is 0 Å². The van der Waals surface area contributed by atoms with Crippen molar-refractivity contribution >= 4 is 28.7 Å². The van der Waals surface area contributed by atoms with Gasteiger partial charge in [-0.25, -0.2) is 8.78 Å². The Morgan fingerprint density at radius 3 is 2.53 bits per heavy atom. The average Bonchev–Trinajstić information content (AvgIpc) is 2.28. The molecule has 17 heavy (non-hydrogen) atoms. The third-order valence-electron chi connectivity index (χ3n) is 2.21. The molecule has 0 unspecified atom stereocenters. The van der Waals surface area contributed by atoms with Crippen LogP contribution in [0.2, 0.25) is 5.02 Å². The number of halogens is 3. The highest BCUT2D eigenvalue weighted by Gasteiger charge is 2.06. The number of hydrogen-bond donors (Lipinski definition) is 2. The molecule has 3 N–H and O–H groups in total. The summed E-state index contributed by atoms with van der Waals surface area (Å²) in [6.07, 6.45) is 0. The van der Waals surface area contributed by atoms with E-state index in [2.05, 4.69) is 5.32 Å². The second-order valence-corrected chi connectivity index (χ2v) is 3.92. The lowest BCUT2D eigenvalue weighted by atomic mass is 10.2. The second kappa shape index (κ2) is 4.59. The Hall–Kier alpha value is -1.81. The van der Waals surface area contributed by atoms with Gasteiger partial charge in [-0.3, -0.25) is 0 Å². The Balaban J connectivity index is 2.37. The maximum absolute atomic E-state index is 13.4. The van der Waals surface area contributed by atoms with Crippen LogP contribution in [-0.4, -0.2) is 0 Å². The summed E-state index contributed by atoms with van der Waals surface area (Å²) in [6, 6.07) is 7.88. The highest BCUT2D eigenvalue weighted by Crippen LogP contribution is 2.27. The van der Waals surface area contributed by atoms with Crippen LogP contribution >= 0.6 is 11.6 Å². The molecule has 2 aromatic rings. The highest BCUT2D eigenvalue weighted by atomic mass is 35.5. The molecule has 0 spiro atoms. The molecule has 0 aliphatic heterocycles. The van der Waals surface area contributed by atoms with Crippen molar-refractivity contribution in [3.8, 4) is 0 Å². The molecule has 2 nitrogen and oxygen atoms in total. The van der Waals surface area contributed by atoms with Crippen molar-refractivity contribution in [2.24, 2.45) is 0 Å². The van der Waals surface area contributed by atoms with Crippen LogP contribution in [0.15, 0.2) is 36.4 Å². The van der Waals surface area contributed by atoms with Crippen molar-refractivity contribution in [3.05, 3.63) is 53.1 Å². The molecule has 0 bridgehead atoms. The Morgan fingerprint density at radius 1 is 1.00 bits per heavy atom. The average molecular weight is 255 g/mol. The number of nitrogens with two attached hydrogens (primary N) is 1. The normalized spacial score (nSPS) is 10.3. The number of benzene rings is 2. The summed E-state index contributed by atoms with van der Waals surface area (Å²) < 4.78 is 26.4. The van der Waals surface area contributed by atoms with E-state index in [1.807, 2.05) is 0 Å². The molecule has 0 saturated carbocycles. The number of hydrogen-bond acceptors (Lipinski definition) is 2. The summed E-state index contributed by atoms with van der Waals surface area (Å²) in [7, 11) is 0. The molecule has 2 rings (SSSR count). The molecule has 0 heterocycles. The minimum Gasteiger partial charge on any atom is -0.397 e. The van der Waals surface area contributed by atoms with Crippen LogP contribution in [0.3, 0.4) is 0 Å².